The maximum Gasteiger partial charge on any atom is 0.150 e. The van der Waals surface area contributed by atoms with Crippen LogP contribution in [-0.2, 0) is 6.42 Å². The number of nitrogens with one attached hydrogen (secondary N) is 1. The number of nitrogens with two attached hydrogens (primary N) is 1. The van der Waals surface area contributed by atoms with Gasteiger partial charge in [0.2, 0.25) is 0 Å². The van der Waals surface area contributed by atoms with Gasteiger partial charge in [0.1, 0.15) is 5.82 Å². The molecule has 1 aromatic rings. The lowest BCUT2D eigenvalue weighted by Gasteiger charge is -2.11. The van der Waals surface area contributed by atoms with Crippen molar-refractivity contribution in [2.24, 2.45) is 11.7 Å². The van der Waals surface area contributed by atoms with Crippen molar-refractivity contribution in [3.05, 3.63) is 11.6 Å². The molecule has 4 heteroatoms. The van der Waals surface area contributed by atoms with Crippen LogP contribution in [-0.4, -0.2) is 21.7 Å². The Labute approximate surface area is 85.3 Å². The quantitative estimate of drug-likeness (QED) is 0.723. The molecule has 0 aliphatic rings. The number of H-pyrrole nitrogens is 1. The van der Waals surface area contributed by atoms with E-state index in [1.807, 2.05) is 6.92 Å². The molecule has 0 aromatic carbocycles. The van der Waals surface area contributed by atoms with Crippen LogP contribution in [0.2, 0.25) is 0 Å². The molecule has 0 spiro atoms. The summed E-state index contributed by atoms with van der Waals surface area (Å²) in [6.07, 6.45) is 4.41. The van der Waals surface area contributed by atoms with E-state index in [2.05, 4.69) is 22.1 Å². The van der Waals surface area contributed by atoms with Crippen molar-refractivity contribution in [1.29, 1.82) is 0 Å². The zero-order valence-corrected chi connectivity index (χ0v) is 9.08. The maximum atomic E-state index is 5.54. The average Bonchev–Trinajstić information content (AvgIpc) is 2.59. The second kappa shape index (κ2) is 5.75. The Kier molecular flexibility index (Phi) is 4.59. The van der Waals surface area contributed by atoms with Gasteiger partial charge in [-0.2, -0.15) is 5.10 Å². The van der Waals surface area contributed by atoms with Gasteiger partial charge in [-0.15, -0.1) is 0 Å². The molecule has 3 N–H and O–H groups in total. The van der Waals surface area contributed by atoms with Crippen molar-refractivity contribution in [1.82, 2.24) is 15.2 Å². The average molecular weight is 196 g/mol. The largest absolute Gasteiger partial charge is 0.330 e. The lowest BCUT2D eigenvalue weighted by molar-refractivity contribution is 0.439. The molecule has 0 radical (unpaired) electrons. The van der Waals surface area contributed by atoms with Gasteiger partial charge < -0.3 is 5.73 Å². The van der Waals surface area contributed by atoms with Crippen LogP contribution in [0.3, 0.4) is 0 Å². The maximum absolute atomic E-state index is 5.54. The van der Waals surface area contributed by atoms with E-state index in [-0.39, 0.29) is 0 Å². The molecule has 1 atom stereocenters. The number of aromatic nitrogens is 3. The number of aromatic amines is 1. The van der Waals surface area contributed by atoms with Crippen molar-refractivity contribution in [3.8, 4) is 0 Å². The second-order valence-electron chi connectivity index (χ2n) is 3.73. The fourth-order valence-corrected chi connectivity index (χ4v) is 1.62. The van der Waals surface area contributed by atoms with Gasteiger partial charge >= 0.3 is 0 Å². The van der Waals surface area contributed by atoms with Crippen LogP contribution in [0.25, 0.3) is 0 Å². The van der Waals surface area contributed by atoms with Crippen LogP contribution in [0.5, 0.6) is 0 Å². The van der Waals surface area contributed by atoms with Crippen molar-refractivity contribution >= 4 is 0 Å². The van der Waals surface area contributed by atoms with Crippen LogP contribution in [0.15, 0.2) is 0 Å². The summed E-state index contributed by atoms with van der Waals surface area (Å²) >= 11 is 0. The minimum Gasteiger partial charge on any atom is -0.330 e. The molecule has 0 aliphatic carbocycles. The van der Waals surface area contributed by atoms with Gasteiger partial charge in [-0.1, -0.05) is 13.3 Å². The molecule has 0 fully saturated rings. The Hall–Kier alpha value is -0.900. The summed E-state index contributed by atoms with van der Waals surface area (Å²) in [5.41, 5.74) is 5.54. The first-order valence-corrected chi connectivity index (χ1v) is 5.34. The van der Waals surface area contributed by atoms with Crippen LogP contribution in [0.1, 0.15) is 37.8 Å². The fourth-order valence-electron chi connectivity index (χ4n) is 1.62. The predicted molar refractivity (Wildman–Crippen MR) is 56.9 cm³/mol. The predicted octanol–water partition coefficient (Wildman–Crippen LogP) is 1.42. The third kappa shape index (κ3) is 3.46. The molecule has 1 rings (SSSR count). The molecule has 14 heavy (non-hydrogen) atoms. The third-order valence-electron chi connectivity index (χ3n) is 2.57. The van der Waals surface area contributed by atoms with E-state index in [1.54, 1.807) is 0 Å². The Morgan fingerprint density at radius 3 is 2.71 bits per heavy atom. The van der Waals surface area contributed by atoms with Gasteiger partial charge in [0, 0.05) is 6.42 Å². The van der Waals surface area contributed by atoms with Gasteiger partial charge in [-0.25, -0.2) is 4.98 Å². The van der Waals surface area contributed by atoms with E-state index in [9.17, 15) is 0 Å². The Morgan fingerprint density at radius 2 is 2.21 bits per heavy atom. The summed E-state index contributed by atoms with van der Waals surface area (Å²) in [5.74, 6) is 2.55. The Balaban J connectivity index is 2.31. The number of hydrogen-bond acceptors (Lipinski definition) is 3. The second-order valence-corrected chi connectivity index (χ2v) is 3.73. The lowest BCUT2D eigenvalue weighted by atomic mass is 9.97. The molecule has 1 unspecified atom stereocenters. The highest BCUT2D eigenvalue weighted by Crippen LogP contribution is 2.14. The number of nitrogens with zero attached hydrogens (tertiary/aromatic N) is 2. The van der Waals surface area contributed by atoms with Gasteiger partial charge in [-0.05, 0) is 32.2 Å². The Morgan fingerprint density at radius 1 is 1.43 bits per heavy atom. The summed E-state index contributed by atoms with van der Waals surface area (Å²) in [5, 5.41) is 6.97. The lowest BCUT2D eigenvalue weighted by Crippen LogP contribution is -2.09. The molecule has 0 saturated carbocycles. The van der Waals surface area contributed by atoms with E-state index >= 15 is 0 Å². The van der Waals surface area contributed by atoms with Crippen LogP contribution in [0.4, 0.5) is 0 Å². The molecule has 0 bridgehead atoms. The van der Waals surface area contributed by atoms with E-state index in [1.165, 1.54) is 6.42 Å². The summed E-state index contributed by atoms with van der Waals surface area (Å²) in [7, 11) is 0. The molecule has 0 saturated heterocycles. The summed E-state index contributed by atoms with van der Waals surface area (Å²) in [4.78, 5) is 4.28. The molecule has 1 aromatic heterocycles. The number of aryl methyl sites for hydroxylation is 2. The normalized spacial score (nSPS) is 13.1. The van der Waals surface area contributed by atoms with Gasteiger partial charge in [0.05, 0.1) is 0 Å². The minimum atomic E-state index is 0.721. The van der Waals surface area contributed by atoms with E-state index in [0.717, 1.165) is 43.4 Å². The summed E-state index contributed by atoms with van der Waals surface area (Å²) < 4.78 is 0. The fraction of sp³-hybridized carbons (Fsp3) is 0.800. The first-order chi connectivity index (χ1) is 6.76. The molecule has 0 aliphatic heterocycles. The SMILES string of the molecule is CCC(CCN)CCc1n[nH]c(C)n1. The summed E-state index contributed by atoms with van der Waals surface area (Å²) in [6.45, 7) is 4.92. The minimum absolute atomic E-state index is 0.721. The van der Waals surface area contributed by atoms with Crippen molar-refractivity contribution in [2.45, 2.75) is 39.5 Å². The van der Waals surface area contributed by atoms with Gasteiger partial charge in [0.25, 0.3) is 0 Å². The number of rotatable bonds is 6. The summed E-state index contributed by atoms with van der Waals surface area (Å²) in [6, 6.07) is 0. The Bertz CT molecular complexity index is 256. The molecule has 4 nitrogen and oxygen atoms in total. The first kappa shape index (κ1) is 11.2. The zero-order valence-electron chi connectivity index (χ0n) is 9.08. The molecular weight excluding hydrogens is 176 g/mol. The van der Waals surface area contributed by atoms with E-state index in [0.29, 0.717) is 0 Å². The highest BCUT2D eigenvalue weighted by molar-refractivity contribution is 4.87. The zero-order chi connectivity index (χ0) is 10.4. The van der Waals surface area contributed by atoms with Crippen LogP contribution in [0, 0.1) is 12.8 Å². The molecule has 0 amide bonds. The molecular formula is C10H20N4. The van der Waals surface area contributed by atoms with Crippen LogP contribution >= 0.6 is 0 Å². The molecule has 1 heterocycles. The topological polar surface area (TPSA) is 67.6 Å². The third-order valence-corrected chi connectivity index (χ3v) is 2.57. The van der Waals surface area contributed by atoms with Crippen LogP contribution < -0.4 is 5.73 Å². The smallest absolute Gasteiger partial charge is 0.150 e. The highest BCUT2D eigenvalue weighted by atomic mass is 15.2. The van der Waals surface area contributed by atoms with Gasteiger partial charge in [0.15, 0.2) is 5.82 Å². The molecule has 80 valence electrons. The van der Waals surface area contributed by atoms with E-state index in [4.69, 9.17) is 5.73 Å². The highest BCUT2D eigenvalue weighted by Gasteiger charge is 2.07. The van der Waals surface area contributed by atoms with E-state index < -0.39 is 0 Å². The van der Waals surface area contributed by atoms with Crippen molar-refractivity contribution in [3.63, 3.8) is 0 Å². The van der Waals surface area contributed by atoms with Crippen molar-refractivity contribution in [2.75, 3.05) is 6.54 Å². The standard InChI is InChI=1S/C10H20N4/c1-3-9(6-7-11)4-5-10-12-8(2)13-14-10/h9H,3-7,11H2,1-2H3,(H,12,13,14). The van der Waals surface area contributed by atoms with Gasteiger partial charge in [-0.3, -0.25) is 5.10 Å². The number of hydrogen-bond donors (Lipinski definition) is 2. The van der Waals surface area contributed by atoms with Crippen molar-refractivity contribution < 1.29 is 0 Å². The monoisotopic (exact) mass is 196 g/mol. The first-order valence-electron chi connectivity index (χ1n) is 5.34.